The second kappa shape index (κ2) is 5.74. The molecule has 8 heteroatoms. The monoisotopic (exact) mass is 344 g/mol. The molecule has 2 heterocycles. The fraction of sp³-hybridized carbons (Fsp3) is 0.467. The number of imidazole rings is 1. The minimum absolute atomic E-state index is 0.209. The number of halogens is 3. The molecular weight excluding hydrogens is 329 g/mol. The van der Waals surface area contributed by atoms with Gasteiger partial charge in [0, 0.05) is 12.4 Å². The molecule has 1 aliphatic rings. The molecular formula is C15H15F3N2O2S. The maximum Gasteiger partial charge on any atom is 0.431 e. The molecule has 0 amide bonds. The van der Waals surface area contributed by atoms with Crippen molar-refractivity contribution in [3.8, 4) is 0 Å². The summed E-state index contributed by atoms with van der Waals surface area (Å²) in [7, 11) is 0. The van der Waals surface area contributed by atoms with Crippen molar-refractivity contribution in [2.24, 2.45) is 0 Å². The predicted octanol–water partition coefficient (Wildman–Crippen LogP) is 3.93. The molecule has 0 atom stereocenters. The molecule has 0 radical (unpaired) electrons. The fourth-order valence-electron chi connectivity index (χ4n) is 2.62. The third-order valence-corrected chi connectivity index (χ3v) is 5.42. The second-order valence-corrected chi connectivity index (χ2v) is 6.80. The van der Waals surface area contributed by atoms with Crippen molar-refractivity contribution in [1.29, 1.82) is 0 Å². The highest BCUT2D eigenvalue weighted by atomic mass is 32.2. The first-order chi connectivity index (χ1) is 10.9. The van der Waals surface area contributed by atoms with Crippen LogP contribution >= 0.6 is 11.8 Å². The third kappa shape index (κ3) is 2.80. The minimum Gasteiger partial charge on any atom is -0.465 e. The summed E-state index contributed by atoms with van der Waals surface area (Å²) in [5.41, 5.74) is -0.575. The van der Waals surface area contributed by atoms with Gasteiger partial charge in [0.15, 0.2) is 5.65 Å². The summed E-state index contributed by atoms with van der Waals surface area (Å²) in [4.78, 5) is 16.8. The van der Waals surface area contributed by atoms with Gasteiger partial charge in [-0.2, -0.15) is 13.2 Å². The first-order valence-electron chi connectivity index (χ1n) is 7.27. The number of fused-ring (bicyclic) bond motifs is 1. The fourth-order valence-corrected chi connectivity index (χ4v) is 4.05. The molecule has 124 valence electrons. The van der Waals surface area contributed by atoms with Crippen LogP contribution in [0.3, 0.4) is 0 Å². The Morgan fingerprint density at radius 2 is 2.17 bits per heavy atom. The number of ether oxygens (including phenoxy) is 1. The molecule has 4 nitrogen and oxygen atoms in total. The number of alkyl halides is 3. The summed E-state index contributed by atoms with van der Waals surface area (Å²) >= 11 is 1.25. The molecule has 0 bridgehead atoms. The van der Waals surface area contributed by atoms with Gasteiger partial charge in [-0.1, -0.05) is 0 Å². The maximum atomic E-state index is 13.0. The van der Waals surface area contributed by atoms with Gasteiger partial charge in [0.2, 0.25) is 0 Å². The number of nitrogens with zero attached hydrogens (tertiary/aromatic N) is 2. The van der Waals surface area contributed by atoms with Gasteiger partial charge in [-0.15, -0.1) is 11.8 Å². The predicted molar refractivity (Wildman–Crippen MR) is 79.3 cm³/mol. The Morgan fingerprint density at radius 3 is 2.74 bits per heavy atom. The topological polar surface area (TPSA) is 43.6 Å². The highest BCUT2D eigenvalue weighted by molar-refractivity contribution is 8.01. The Balaban J connectivity index is 1.98. The lowest BCUT2D eigenvalue weighted by molar-refractivity contribution is -0.148. The summed E-state index contributed by atoms with van der Waals surface area (Å²) < 4.78 is 44.6. The number of hydrogen-bond acceptors (Lipinski definition) is 4. The van der Waals surface area contributed by atoms with Crippen molar-refractivity contribution >= 4 is 23.4 Å². The molecule has 23 heavy (non-hydrogen) atoms. The van der Waals surface area contributed by atoms with Gasteiger partial charge in [0.1, 0.15) is 10.4 Å². The average molecular weight is 344 g/mol. The van der Waals surface area contributed by atoms with E-state index in [9.17, 15) is 18.0 Å². The molecule has 1 saturated carbocycles. The Kier molecular flexibility index (Phi) is 4.03. The van der Waals surface area contributed by atoms with Gasteiger partial charge in [0.05, 0.1) is 11.5 Å². The highest BCUT2D eigenvalue weighted by Gasteiger charge is 2.47. The Labute approximate surface area is 135 Å². The molecule has 0 aliphatic heterocycles. The zero-order chi connectivity index (χ0) is 16.7. The van der Waals surface area contributed by atoms with E-state index in [2.05, 4.69) is 4.98 Å². The lowest BCUT2D eigenvalue weighted by atomic mass is 9.84. The van der Waals surface area contributed by atoms with Crippen molar-refractivity contribution in [3.05, 3.63) is 30.2 Å². The zero-order valence-electron chi connectivity index (χ0n) is 12.4. The minimum atomic E-state index is -4.46. The number of carbonyl (C=O) groups excluding carboxylic acids is 1. The van der Waals surface area contributed by atoms with Crippen LogP contribution < -0.4 is 0 Å². The van der Waals surface area contributed by atoms with Crippen molar-refractivity contribution in [2.45, 2.75) is 42.0 Å². The van der Waals surface area contributed by atoms with Crippen LogP contribution in [0, 0.1) is 0 Å². The van der Waals surface area contributed by atoms with Crippen LogP contribution in [-0.4, -0.2) is 26.7 Å². The number of pyridine rings is 1. The Morgan fingerprint density at radius 1 is 1.43 bits per heavy atom. The molecule has 1 fully saturated rings. The third-order valence-electron chi connectivity index (χ3n) is 3.92. The van der Waals surface area contributed by atoms with Gasteiger partial charge in [0.25, 0.3) is 0 Å². The lowest BCUT2D eigenvalue weighted by Gasteiger charge is -2.38. The molecule has 2 aromatic heterocycles. The maximum absolute atomic E-state index is 13.0. The molecule has 2 aromatic rings. The van der Waals surface area contributed by atoms with Crippen LogP contribution in [0.15, 0.2) is 29.4 Å². The van der Waals surface area contributed by atoms with E-state index in [0.717, 1.165) is 16.9 Å². The van der Waals surface area contributed by atoms with Crippen LogP contribution in [0.1, 0.15) is 31.9 Å². The highest BCUT2D eigenvalue weighted by Crippen LogP contribution is 2.49. The van der Waals surface area contributed by atoms with Crippen molar-refractivity contribution in [2.75, 3.05) is 6.61 Å². The number of esters is 1. The smallest absolute Gasteiger partial charge is 0.431 e. The largest absolute Gasteiger partial charge is 0.465 e. The van der Waals surface area contributed by atoms with E-state index in [-0.39, 0.29) is 18.2 Å². The quantitative estimate of drug-likeness (QED) is 0.788. The molecule has 1 aliphatic carbocycles. The van der Waals surface area contributed by atoms with E-state index < -0.39 is 16.6 Å². The van der Waals surface area contributed by atoms with Gasteiger partial charge in [-0.3, -0.25) is 9.20 Å². The van der Waals surface area contributed by atoms with E-state index in [1.165, 1.54) is 30.2 Å². The SMILES string of the molecule is CCOC(=O)C1(Sc2ccc(C(F)(F)F)n3ccnc23)CCC1. The van der Waals surface area contributed by atoms with Crippen molar-refractivity contribution < 1.29 is 22.7 Å². The summed E-state index contributed by atoms with van der Waals surface area (Å²) in [6.07, 6.45) is 0.357. The summed E-state index contributed by atoms with van der Waals surface area (Å²) in [5.74, 6) is -0.305. The Hall–Kier alpha value is -1.70. The number of rotatable bonds is 4. The lowest BCUT2D eigenvalue weighted by Crippen LogP contribution is -2.43. The van der Waals surface area contributed by atoms with Crippen LogP contribution in [0.4, 0.5) is 13.2 Å². The Bertz CT molecular complexity index is 738. The summed E-state index contributed by atoms with van der Waals surface area (Å²) in [6.45, 7) is 2.02. The van der Waals surface area contributed by atoms with Crippen LogP contribution in [0.25, 0.3) is 5.65 Å². The summed E-state index contributed by atoms with van der Waals surface area (Å²) in [6, 6.07) is 2.41. The van der Waals surface area contributed by atoms with E-state index in [0.29, 0.717) is 17.7 Å². The number of aromatic nitrogens is 2. The number of carbonyl (C=O) groups is 1. The van der Waals surface area contributed by atoms with Gasteiger partial charge in [-0.25, -0.2) is 4.98 Å². The molecule has 0 spiro atoms. The molecule has 0 unspecified atom stereocenters. The first-order valence-corrected chi connectivity index (χ1v) is 8.08. The van der Waals surface area contributed by atoms with Gasteiger partial charge >= 0.3 is 12.1 Å². The molecule has 0 saturated heterocycles. The average Bonchev–Trinajstić information content (AvgIpc) is 2.90. The molecule has 0 aromatic carbocycles. The summed E-state index contributed by atoms with van der Waals surface area (Å²) in [5, 5.41) is 0. The number of hydrogen-bond donors (Lipinski definition) is 0. The second-order valence-electron chi connectivity index (χ2n) is 5.37. The van der Waals surface area contributed by atoms with Crippen LogP contribution in [0.2, 0.25) is 0 Å². The zero-order valence-corrected chi connectivity index (χ0v) is 13.2. The van der Waals surface area contributed by atoms with E-state index in [4.69, 9.17) is 4.74 Å². The first kappa shape index (κ1) is 16.2. The van der Waals surface area contributed by atoms with E-state index >= 15 is 0 Å². The molecule has 0 N–H and O–H groups in total. The normalized spacial score (nSPS) is 17.0. The molecule has 3 rings (SSSR count). The van der Waals surface area contributed by atoms with Crippen LogP contribution in [-0.2, 0) is 15.7 Å². The standard InChI is InChI=1S/C15H15F3N2O2S/c1-2-22-13(21)14(6-3-7-14)23-10-4-5-11(15(16,17)18)20-9-8-19-12(10)20/h4-5,8-9H,2-3,6-7H2,1H3. The van der Waals surface area contributed by atoms with Crippen molar-refractivity contribution in [3.63, 3.8) is 0 Å². The van der Waals surface area contributed by atoms with Crippen LogP contribution in [0.5, 0.6) is 0 Å². The van der Waals surface area contributed by atoms with E-state index in [1.54, 1.807) is 6.92 Å². The van der Waals surface area contributed by atoms with E-state index in [1.807, 2.05) is 0 Å². The van der Waals surface area contributed by atoms with Crippen molar-refractivity contribution in [1.82, 2.24) is 9.38 Å². The van der Waals surface area contributed by atoms with Gasteiger partial charge < -0.3 is 4.74 Å². The number of thioether (sulfide) groups is 1. The van der Waals surface area contributed by atoms with Gasteiger partial charge in [-0.05, 0) is 38.3 Å².